The molecule has 0 fully saturated rings. The van der Waals surface area contributed by atoms with E-state index in [0.29, 0.717) is 12.3 Å². The molecule has 1 rings (SSSR count). The number of rotatable bonds is 9. The van der Waals surface area contributed by atoms with Gasteiger partial charge < -0.3 is 10.1 Å². The minimum atomic E-state index is -3.49. The Balaban J connectivity index is 2.65. The lowest BCUT2D eigenvalue weighted by Gasteiger charge is -2.13. The fourth-order valence-corrected chi connectivity index (χ4v) is 2.90. The van der Waals surface area contributed by atoms with Gasteiger partial charge in [0.05, 0.1) is 4.90 Å². The van der Waals surface area contributed by atoms with Crippen molar-refractivity contribution < 1.29 is 17.9 Å². The topological polar surface area (TPSA) is 84.5 Å². The van der Waals surface area contributed by atoms with Crippen LogP contribution < -0.4 is 14.8 Å². The second-order valence-corrected chi connectivity index (χ2v) is 6.72. The minimum Gasteiger partial charge on any atom is -0.481 e. The summed E-state index contributed by atoms with van der Waals surface area (Å²) in [6.07, 6.45) is 2.21. The molecule has 124 valence electrons. The molecule has 1 amide bonds. The maximum atomic E-state index is 12.1. The number of benzene rings is 1. The van der Waals surface area contributed by atoms with Crippen LogP contribution in [0, 0.1) is 0 Å². The Labute approximate surface area is 132 Å². The zero-order valence-corrected chi connectivity index (χ0v) is 14.1. The first-order chi connectivity index (χ1) is 10.4. The normalized spacial score (nSPS) is 12.7. The number of unbranched alkanes of at least 4 members (excludes halogenated alkanes) is 2. The first-order valence-electron chi connectivity index (χ1n) is 7.38. The van der Waals surface area contributed by atoms with Gasteiger partial charge in [0.25, 0.3) is 5.91 Å². The van der Waals surface area contributed by atoms with Gasteiger partial charge in [-0.25, -0.2) is 13.1 Å². The van der Waals surface area contributed by atoms with Crippen molar-refractivity contribution in [1.29, 1.82) is 0 Å². The average molecular weight is 328 g/mol. The Morgan fingerprint density at radius 3 is 2.41 bits per heavy atom. The zero-order valence-electron chi connectivity index (χ0n) is 13.3. The lowest BCUT2D eigenvalue weighted by atomic mass is 10.3. The summed E-state index contributed by atoms with van der Waals surface area (Å²) in [5, 5.41) is 2.48. The Kier molecular flexibility index (Phi) is 7.34. The molecule has 1 aromatic rings. The Morgan fingerprint density at radius 1 is 1.23 bits per heavy atom. The van der Waals surface area contributed by atoms with Crippen LogP contribution in [-0.4, -0.2) is 34.0 Å². The molecule has 1 atom stereocenters. The van der Waals surface area contributed by atoms with Gasteiger partial charge in [-0.1, -0.05) is 19.8 Å². The summed E-state index contributed by atoms with van der Waals surface area (Å²) in [4.78, 5) is 11.6. The summed E-state index contributed by atoms with van der Waals surface area (Å²) in [6.45, 7) is 4.12. The maximum Gasteiger partial charge on any atom is 0.260 e. The van der Waals surface area contributed by atoms with E-state index in [1.54, 1.807) is 19.1 Å². The Hall–Kier alpha value is -1.60. The van der Waals surface area contributed by atoms with E-state index in [1.807, 2.05) is 0 Å². The lowest BCUT2D eigenvalue weighted by Crippen LogP contribution is -2.33. The van der Waals surface area contributed by atoms with Crippen molar-refractivity contribution >= 4 is 15.9 Å². The molecule has 0 spiro atoms. The van der Waals surface area contributed by atoms with Gasteiger partial charge in [0.2, 0.25) is 10.0 Å². The third-order valence-electron chi connectivity index (χ3n) is 3.13. The standard InChI is InChI=1S/C15H24N2O4S/c1-4-5-6-11-17-22(19,20)14-9-7-13(8-10-14)21-12(2)15(18)16-3/h7-10,12,17H,4-6,11H2,1-3H3,(H,16,18)/t12-/m0/s1. The second-order valence-electron chi connectivity index (χ2n) is 4.95. The van der Waals surface area contributed by atoms with E-state index in [-0.39, 0.29) is 10.8 Å². The third kappa shape index (κ3) is 5.65. The molecule has 0 aliphatic rings. The number of hydrogen-bond acceptors (Lipinski definition) is 4. The van der Waals surface area contributed by atoms with Gasteiger partial charge in [-0.05, 0) is 37.6 Å². The van der Waals surface area contributed by atoms with Crippen molar-refractivity contribution in [3.8, 4) is 5.75 Å². The summed E-state index contributed by atoms with van der Waals surface area (Å²) >= 11 is 0. The number of ether oxygens (including phenoxy) is 1. The monoisotopic (exact) mass is 328 g/mol. The quantitative estimate of drug-likeness (QED) is 0.675. The highest BCUT2D eigenvalue weighted by Gasteiger charge is 2.15. The highest BCUT2D eigenvalue weighted by atomic mass is 32.2. The van der Waals surface area contributed by atoms with Crippen LogP contribution in [0.4, 0.5) is 0 Å². The molecule has 0 radical (unpaired) electrons. The van der Waals surface area contributed by atoms with E-state index in [9.17, 15) is 13.2 Å². The van der Waals surface area contributed by atoms with Gasteiger partial charge in [0.1, 0.15) is 5.75 Å². The Morgan fingerprint density at radius 2 is 1.86 bits per heavy atom. The third-order valence-corrected chi connectivity index (χ3v) is 4.61. The highest BCUT2D eigenvalue weighted by Crippen LogP contribution is 2.17. The van der Waals surface area contributed by atoms with Crippen molar-refractivity contribution in [2.75, 3.05) is 13.6 Å². The van der Waals surface area contributed by atoms with Crippen LogP contribution in [-0.2, 0) is 14.8 Å². The van der Waals surface area contributed by atoms with Gasteiger partial charge in [-0.2, -0.15) is 0 Å². The van der Waals surface area contributed by atoms with Crippen LogP contribution in [0.1, 0.15) is 33.1 Å². The van der Waals surface area contributed by atoms with Crippen molar-refractivity contribution in [2.45, 2.75) is 44.1 Å². The molecule has 0 saturated heterocycles. The van der Waals surface area contributed by atoms with Crippen LogP contribution in [0.3, 0.4) is 0 Å². The Bertz CT molecular complexity index is 570. The molecule has 22 heavy (non-hydrogen) atoms. The molecular formula is C15H24N2O4S. The number of sulfonamides is 1. The fourth-order valence-electron chi connectivity index (χ4n) is 1.82. The second kappa shape index (κ2) is 8.75. The maximum absolute atomic E-state index is 12.1. The number of hydrogen-bond donors (Lipinski definition) is 2. The van der Waals surface area contributed by atoms with Crippen molar-refractivity contribution in [3.05, 3.63) is 24.3 Å². The number of likely N-dealkylation sites (N-methyl/N-ethyl adjacent to an activating group) is 1. The fraction of sp³-hybridized carbons (Fsp3) is 0.533. The van der Waals surface area contributed by atoms with E-state index in [1.165, 1.54) is 19.2 Å². The zero-order chi connectivity index (χ0) is 16.6. The number of carbonyl (C=O) groups is 1. The SMILES string of the molecule is CCCCCNS(=O)(=O)c1ccc(O[C@@H](C)C(=O)NC)cc1. The largest absolute Gasteiger partial charge is 0.481 e. The van der Waals surface area contributed by atoms with Crippen molar-refractivity contribution in [2.24, 2.45) is 0 Å². The van der Waals surface area contributed by atoms with Crippen molar-refractivity contribution in [1.82, 2.24) is 10.0 Å². The molecule has 7 heteroatoms. The summed E-state index contributed by atoms with van der Waals surface area (Å²) in [5.74, 6) is 0.204. The number of amides is 1. The summed E-state index contributed by atoms with van der Waals surface area (Å²) in [7, 11) is -1.96. The lowest BCUT2D eigenvalue weighted by molar-refractivity contribution is -0.126. The molecule has 6 nitrogen and oxygen atoms in total. The average Bonchev–Trinajstić information content (AvgIpc) is 2.51. The van der Waals surface area contributed by atoms with Crippen LogP contribution in [0.2, 0.25) is 0 Å². The van der Waals surface area contributed by atoms with E-state index >= 15 is 0 Å². The minimum absolute atomic E-state index is 0.184. The highest BCUT2D eigenvalue weighted by molar-refractivity contribution is 7.89. The predicted octanol–water partition coefficient (Wildman–Crippen LogP) is 1.67. The molecule has 0 heterocycles. The first-order valence-corrected chi connectivity index (χ1v) is 8.87. The molecule has 0 aromatic heterocycles. The summed E-state index contributed by atoms with van der Waals surface area (Å²) in [5.41, 5.74) is 0. The van der Waals surface area contributed by atoms with Crippen molar-refractivity contribution in [3.63, 3.8) is 0 Å². The van der Waals surface area contributed by atoms with Gasteiger partial charge in [-0.15, -0.1) is 0 Å². The van der Waals surface area contributed by atoms with E-state index in [4.69, 9.17) is 4.74 Å². The van der Waals surface area contributed by atoms with E-state index < -0.39 is 16.1 Å². The molecular weight excluding hydrogens is 304 g/mol. The van der Waals surface area contributed by atoms with Crippen LogP contribution in [0.15, 0.2) is 29.2 Å². The van der Waals surface area contributed by atoms with Gasteiger partial charge in [0, 0.05) is 13.6 Å². The molecule has 1 aromatic carbocycles. The first kappa shape index (κ1) is 18.4. The molecule has 0 saturated carbocycles. The van der Waals surface area contributed by atoms with Gasteiger partial charge in [0.15, 0.2) is 6.10 Å². The smallest absolute Gasteiger partial charge is 0.260 e. The van der Waals surface area contributed by atoms with E-state index in [2.05, 4.69) is 17.0 Å². The number of carbonyl (C=O) groups excluding carboxylic acids is 1. The summed E-state index contributed by atoms with van der Waals surface area (Å²) in [6, 6.07) is 6.02. The van der Waals surface area contributed by atoms with Gasteiger partial charge in [-0.3, -0.25) is 4.79 Å². The van der Waals surface area contributed by atoms with Gasteiger partial charge >= 0.3 is 0 Å². The number of nitrogens with one attached hydrogen (secondary N) is 2. The predicted molar refractivity (Wildman–Crippen MR) is 85.3 cm³/mol. The molecule has 0 aliphatic heterocycles. The molecule has 0 aliphatic carbocycles. The van der Waals surface area contributed by atoms with E-state index in [0.717, 1.165) is 19.3 Å². The molecule has 0 bridgehead atoms. The van der Waals surface area contributed by atoms with Crippen LogP contribution in [0.5, 0.6) is 5.75 Å². The molecule has 2 N–H and O–H groups in total. The van der Waals surface area contributed by atoms with Crippen LogP contribution in [0.25, 0.3) is 0 Å². The summed E-state index contributed by atoms with van der Waals surface area (Å²) < 4.78 is 32.1. The van der Waals surface area contributed by atoms with Crippen LogP contribution >= 0.6 is 0 Å². The molecule has 0 unspecified atom stereocenters.